The number of allylic oxidation sites excluding steroid dienone is 2. The molecule has 3 N–H and O–H groups in total. The van der Waals surface area contributed by atoms with E-state index in [1.165, 1.54) is 70.6 Å². The van der Waals surface area contributed by atoms with Crippen molar-refractivity contribution in [2.24, 2.45) is 0 Å². The molecule has 210 valence electrons. The number of rotatable bonds is 21. The monoisotopic (exact) mass is 518 g/mol. The molecule has 0 aliphatic heterocycles. The fraction of sp³-hybridized carbons (Fsp3) is 0.645. The molecular weight excluding hydrogens is 468 g/mol. The van der Waals surface area contributed by atoms with Crippen molar-refractivity contribution in [2.45, 2.75) is 128 Å². The van der Waals surface area contributed by atoms with Crippen molar-refractivity contribution in [1.29, 1.82) is 0 Å². The summed E-state index contributed by atoms with van der Waals surface area (Å²) < 4.78 is 0. The number of hydrogen-bond donors (Lipinski definition) is 3. The van der Waals surface area contributed by atoms with Crippen molar-refractivity contribution in [1.82, 2.24) is 0 Å². The van der Waals surface area contributed by atoms with Crippen LogP contribution in [0.3, 0.4) is 0 Å². The highest BCUT2D eigenvalue weighted by Gasteiger charge is 2.41. The van der Waals surface area contributed by atoms with Gasteiger partial charge in [0.25, 0.3) is 0 Å². The van der Waals surface area contributed by atoms with E-state index in [2.05, 4.69) is 19.1 Å². The second kappa shape index (κ2) is 22.6. The zero-order valence-electron chi connectivity index (χ0n) is 23.1. The average Bonchev–Trinajstić information content (AvgIpc) is 2.86. The van der Waals surface area contributed by atoms with Crippen LogP contribution < -0.4 is 0 Å². The molecule has 0 aromatic heterocycles. The van der Waals surface area contributed by atoms with Gasteiger partial charge in [0, 0.05) is 6.42 Å². The molecule has 0 saturated carbocycles. The Kier molecular flexibility index (Phi) is 21.0. The van der Waals surface area contributed by atoms with Crippen LogP contribution in [0.1, 0.15) is 129 Å². The van der Waals surface area contributed by atoms with Gasteiger partial charge in [-0.1, -0.05) is 121 Å². The molecule has 1 aromatic rings. The maximum atomic E-state index is 11.5. The van der Waals surface area contributed by atoms with E-state index in [0.717, 1.165) is 12.8 Å². The smallest absolute Gasteiger partial charge is 0.314 e. The lowest BCUT2D eigenvalue weighted by molar-refractivity contribution is -0.150. The van der Waals surface area contributed by atoms with Crippen LogP contribution in [0.25, 0.3) is 0 Å². The summed E-state index contributed by atoms with van der Waals surface area (Å²) in [5, 5.41) is 26.8. The third kappa shape index (κ3) is 17.5. The molecule has 37 heavy (non-hydrogen) atoms. The molecule has 0 spiro atoms. The van der Waals surface area contributed by atoms with Crippen LogP contribution in [-0.2, 0) is 19.8 Å². The van der Waals surface area contributed by atoms with Gasteiger partial charge in [0.15, 0.2) is 0 Å². The first-order valence-corrected chi connectivity index (χ1v) is 14.2. The Morgan fingerprint density at radius 3 is 1.65 bits per heavy atom. The van der Waals surface area contributed by atoms with Crippen molar-refractivity contribution in [3.8, 4) is 0 Å². The minimum Gasteiger partial charge on any atom is -0.481 e. The average molecular weight is 519 g/mol. The van der Waals surface area contributed by atoms with Crippen LogP contribution in [0.2, 0.25) is 0 Å². The predicted molar refractivity (Wildman–Crippen MR) is 150 cm³/mol. The summed E-state index contributed by atoms with van der Waals surface area (Å²) in [6, 6.07) is 8.58. The van der Waals surface area contributed by atoms with Crippen LogP contribution >= 0.6 is 0 Å². The van der Waals surface area contributed by atoms with Crippen LogP contribution in [0, 0.1) is 0 Å². The van der Waals surface area contributed by atoms with Crippen molar-refractivity contribution in [3.63, 3.8) is 0 Å². The molecule has 0 aliphatic carbocycles. The largest absolute Gasteiger partial charge is 0.481 e. The maximum Gasteiger partial charge on any atom is 0.314 e. The first-order chi connectivity index (χ1) is 17.8. The van der Waals surface area contributed by atoms with Crippen molar-refractivity contribution < 1.29 is 29.7 Å². The zero-order valence-corrected chi connectivity index (χ0v) is 23.1. The Morgan fingerprint density at radius 2 is 1.19 bits per heavy atom. The molecule has 6 nitrogen and oxygen atoms in total. The van der Waals surface area contributed by atoms with E-state index < -0.39 is 23.3 Å². The van der Waals surface area contributed by atoms with E-state index >= 15 is 0 Å². The third-order valence-corrected chi connectivity index (χ3v) is 6.52. The van der Waals surface area contributed by atoms with E-state index in [9.17, 15) is 19.5 Å². The van der Waals surface area contributed by atoms with E-state index in [1.807, 2.05) is 6.92 Å². The van der Waals surface area contributed by atoms with Crippen LogP contribution in [0.4, 0.5) is 0 Å². The van der Waals surface area contributed by atoms with Crippen molar-refractivity contribution >= 4 is 17.9 Å². The fourth-order valence-electron chi connectivity index (χ4n) is 4.42. The summed E-state index contributed by atoms with van der Waals surface area (Å²) in [4.78, 5) is 32.7. The third-order valence-electron chi connectivity index (χ3n) is 6.52. The Hall–Kier alpha value is -2.63. The highest BCUT2D eigenvalue weighted by Crippen LogP contribution is 2.33. The second-order valence-corrected chi connectivity index (χ2v) is 9.80. The summed E-state index contributed by atoms with van der Waals surface area (Å²) in [7, 11) is 0. The molecule has 1 rings (SSSR count). The Balaban J connectivity index is 0.000000708. The zero-order chi connectivity index (χ0) is 27.8. The fourth-order valence-corrected chi connectivity index (χ4v) is 4.42. The normalized spacial score (nSPS) is 12.5. The minimum atomic E-state index is -1.32. The first-order valence-electron chi connectivity index (χ1n) is 14.2. The molecule has 0 heterocycles. The Labute approximate surface area is 224 Å². The predicted octanol–water partition coefficient (Wildman–Crippen LogP) is 8.39. The van der Waals surface area contributed by atoms with E-state index in [-0.39, 0.29) is 6.42 Å². The van der Waals surface area contributed by atoms with Crippen LogP contribution in [0.15, 0.2) is 42.5 Å². The lowest BCUT2D eigenvalue weighted by Crippen LogP contribution is -2.38. The molecule has 0 bridgehead atoms. The Morgan fingerprint density at radius 1 is 0.676 bits per heavy atom. The van der Waals surface area contributed by atoms with Crippen molar-refractivity contribution in [3.05, 3.63) is 48.0 Å². The summed E-state index contributed by atoms with van der Waals surface area (Å²) in [5.41, 5.74) is -0.765. The standard InChI is InChI=1S/C18H34O2.C13H16O4/c1-2-3-4-5-6-7-8-9-10-11-12-13-14-15-16-17-18(19)20;1-2-8-13(12(16)17,9-11(14)15)10-6-4-3-5-7-10/h5-6H,2-4,7-17H2,1H3,(H,19,20);3-7H,2,8-9H2,1H3,(H,14,15)(H,16,17)/b6-5+;. The molecule has 0 aliphatic rings. The van der Waals surface area contributed by atoms with Crippen molar-refractivity contribution in [2.75, 3.05) is 0 Å². The van der Waals surface area contributed by atoms with Gasteiger partial charge in [0.05, 0.1) is 6.42 Å². The highest BCUT2D eigenvalue weighted by molar-refractivity contribution is 5.87. The first kappa shape index (κ1) is 34.4. The molecule has 0 saturated heterocycles. The van der Waals surface area contributed by atoms with E-state index in [1.54, 1.807) is 30.3 Å². The number of hydrogen-bond acceptors (Lipinski definition) is 3. The molecule has 0 radical (unpaired) electrons. The summed E-state index contributed by atoms with van der Waals surface area (Å²) in [5.74, 6) is -2.83. The quantitative estimate of drug-likeness (QED) is 0.111. The second-order valence-electron chi connectivity index (χ2n) is 9.80. The van der Waals surface area contributed by atoms with Crippen LogP contribution in [0.5, 0.6) is 0 Å². The number of benzene rings is 1. The molecule has 1 aromatic carbocycles. The number of aliphatic carboxylic acids is 3. The van der Waals surface area contributed by atoms with Gasteiger partial charge in [-0.3, -0.25) is 14.4 Å². The summed E-state index contributed by atoms with van der Waals surface area (Å²) in [6.07, 6.45) is 21.8. The highest BCUT2D eigenvalue weighted by atomic mass is 16.4. The number of unbranched alkanes of at least 4 members (excludes halogenated alkanes) is 11. The van der Waals surface area contributed by atoms with Gasteiger partial charge in [-0.25, -0.2) is 0 Å². The molecule has 0 amide bonds. The van der Waals surface area contributed by atoms with Gasteiger partial charge in [-0.05, 0) is 37.7 Å². The topological polar surface area (TPSA) is 112 Å². The molecular formula is C31H50O6. The number of carboxylic acids is 3. The maximum absolute atomic E-state index is 11.5. The van der Waals surface area contributed by atoms with Gasteiger partial charge in [0.2, 0.25) is 0 Å². The SMILES string of the molecule is CCCC(CC(=O)O)(C(=O)O)c1ccccc1.CCCC/C=C/CCCCCCCCCCCC(=O)O. The number of carboxylic acid groups (broad SMARTS) is 3. The summed E-state index contributed by atoms with van der Waals surface area (Å²) >= 11 is 0. The van der Waals surface area contributed by atoms with Gasteiger partial charge in [-0.2, -0.15) is 0 Å². The van der Waals surface area contributed by atoms with Gasteiger partial charge in [-0.15, -0.1) is 0 Å². The van der Waals surface area contributed by atoms with E-state index in [4.69, 9.17) is 10.2 Å². The van der Waals surface area contributed by atoms with Gasteiger partial charge < -0.3 is 15.3 Å². The van der Waals surface area contributed by atoms with E-state index in [0.29, 0.717) is 24.8 Å². The lowest BCUT2D eigenvalue weighted by atomic mass is 9.74. The lowest BCUT2D eigenvalue weighted by Gasteiger charge is -2.28. The van der Waals surface area contributed by atoms with Crippen LogP contribution in [-0.4, -0.2) is 33.2 Å². The Bertz CT molecular complexity index is 758. The van der Waals surface area contributed by atoms with Gasteiger partial charge >= 0.3 is 17.9 Å². The number of carbonyl (C=O) groups is 3. The minimum absolute atomic E-state index is 0.318. The molecule has 1 unspecified atom stereocenters. The molecule has 1 atom stereocenters. The molecule has 6 heteroatoms. The summed E-state index contributed by atoms with van der Waals surface area (Å²) in [6.45, 7) is 4.09. The van der Waals surface area contributed by atoms with Gasteiger partial charge in [0.1, 0.15) is 5.41 Å². The molecule has 0 fully saturated rings.